The number of nitrogens with one attached hydrogen (secondary N) is 3. The Hall–Kier alpha value is -2.05. The predicted molar refractivity (Wildman–Crippen MR) is 77.4 cm³/mol. The molecule has 116 valence electrons. The summed E-state index contributed by atoms with van der Waals surface area (Å²) in [5.41, 5.74) is 0. The minimum Gasteiger partial charge on any atom is -0.342 e. The number of hydrogen-bond donors (Lipinski definition) is 3. The van der Waals surface area contributed by atoms with Gasteiger partial charge in [0.05, 0.1) is 6.04 Å². The van der Waals surface area contributed by atoms with Crippen LogP contribution in [-0.2, 0) is 9.59 Å². The Morgan fingerprint density at radius 2 is 2.24 bits per heavy atom. The van der Waals surface area contributed by atoms with E-state index in [1.54, 1.807) is 11.0 Å². The van der Waals surface area contributed by atoms with Crippen LogP contribution in [0.4, 0.5) is 4.79 Å². The number of rotatable bonds is 4. The molecule has 0 bridgehead atoms. The van der Waals surface area contributed by atoms with E-state index in [0.29, 0.717) is 19.5 Å². The number of carbonyl (C=O) groups is 3. The van der Waals surface area contributed by atoms with Gasteiger partial charge in [-0.05, 0) is 12.3 Å². The first-order valence-electron chi connectivity index (χ1n) is 7.21. The van der Waals surface area contributed by atoms with Crippen molar-refractivity contribution in [2.24, 2.45) is 5.92 Å². The number of urea groups is 1. The van der Waals surface area contributed by atoms with Gasteiger partial charge in [0.1, 0.15) is 12.1 Å². The zero-order chi connectivity index (χ0) is 15.6. The summed E-state index contributed by atoms with van der Waals surface area (Å²) in [5.74, 6) is -0.212. The standard InChI is InChI=1S/C14H22N4O3/c1-4-6-15-14(21)16-9-5-7-18-11(9)12(19)17-10(8(2)3)13(18)20/h4,8-11H,1,5-7H2,2-3H3,(H,17,19)(H2,15,16,21). The van der Waals surface area contributed by atoms with Gasteiger partial charge in [-0.1, -0.05) is 19.9 Å². The smallest absolute Gasteiger partial charge is 0.315 e. The summed E-state index contributed by atoms with van der Waals surface area (Å²) in [5, 5.41) is 8.13. The lowest BCUT2D eigenvalue weighted by atomic mass is 9.97. The second-order valence-electron chi connectivity index (χ2n) is 5.74. The quantitative estimate of drug-likeness (QED) is 0.616. The molecule has 3 atom stereocenters. The molecule has 0 aromatic heterocycles. The normalized spacial score (nSPS) is 28.1. The fourth-order valence-corrected chi connectivity index (χ4v) is 2.83. The first kappa shape index (κ1) is 15.3. The SMILES string of the molecule is C=CCNC(=O)NC1CCN2C(=O)C(C(C)C)NC(=O)C12. The van der Waals surface area contributed by atoms with Crippen molar-refractivity contribution in [3.05, 3.63) is 12.7 Å². The summed E-state index contributed by atoms with van der Waals surface area (Å²) in [6.07, 6.45) is 2.15. The van der Waals surface area contributed by atoms with E-state index in [2.05, 4.69) is 22.5 Å². The van der Waals surface area contributed by atoms with E-state index < -0.39 is 12.1 Å². The zero-order valence-electron chi connectivity index (χ0n) is 12.4. The predicted octanol–water partition coefficient (Wildman–Crippen LogP) is -0.404. The topological polar surface area (TPSA) is 90.5 Å². The molecule has 21 heavy (non-hydrogen) atoms. The average molecular weight is 294 g/mol. The molecule has 0 spiro atoms. The molecule has 0 saturated carbocycles. The van der Waals surface area contributed by atoms with Gasteiger partial charge in [0.25, 0.3) is 0 Å². The molecule has 3 N–H and O–H groups in total. The van der Waals surface area contributed by atoms with E-state index in [4.69, 9.17) is 0 Å². The number of hydrogen-bond acceptors (Lipinski definition) is 3. The molecular formula is C14H22N4O3. The molecule has 2 saturated heterocycles. The second-order valence-corrected chi connectivity index (χ2v) is 5.74. The molecule has 0 aromatic rings. The molecule has 4 amide bonds. The second kappa shape index (κ2) is 6.15. The molecule has 0 radical (unpaired) electrons. The average Bonchev–Trinajstić information content (AvgIpc) is 2.84. The third-order valence-electron chi connectivity index (χ3n) is 3.90. The van der Waals surface area contributed by atoms with Crippen LogP contribution >= 0.6 is 0 Å². The van der Waals surface area contributed by atoms with Crippen LogP contribution in [0.15, 0.2) is 12.7 Å². The van der Waals surface area contributed by atoms with Crippen LogP contribution in [0.5, 0.6) is 0 Å². The van der Waals surface area contributed by atoms with Crippen LogP contribution in [0.2, 0.25) is 0 Å². The van der Waals surface area contributed by atoms with Gasteiger partial charge in [-0.25, -0.2) is 4.79 Å². The van der Waals surface area contributed by atoms with Crippen LogP contribution in [0.1, 0.15) is 20.3 Å². The van der Waals surface area contributed by atoms with Crippen LogP contribution < -0.4 is 16.0 Å². The Labute approximate surface area is 124 Å². The van der Waals surface area contributed by atoms with Crippen molar-refractivity contribution < 1.29 is 14.4 Å². The van der Waals surface area contributed by atoms with Crippen LogP contribution in [0.25, 0.3) is 0 Å². The molecule has 7 nitrogen and oxygen atoms in total. The first-order valence-corrected chi connectivity index (χ1v) is 7.21. The molecule has 7 heteroatoms. The molecule has 3 unspecified atom stereocenters. The van der Waals surface area contributed by atoms with Crippen LogP contribution in [-0.4, -0.2) is 54.0 Å². The Balaban J connectivity index is 2.04. The lowest BCUT2D eigenvalue weighted by Crippen LogP contribution is -2.66. The van der Waals surface area contributed by atoms with E-state index in [-0.39, 0.29) is 29.8 Å². The van der Waals surface area contributed by atoms with Gasteiger partial charge in [0, 0.05) is 13.1 Å². The molecule has 0 aromatic carbocycles. The van der Waals surface area contributed by atoms with Gasteiger partial charge in [-0.2, -0.15) is 0 Å². The van der Waals surface area contributed by atoms with Gasteiger partial charge in [-0.15, -0.1) is 6.58 Å². The van der Waals surface area contributed by atoms with Gasteiger partial charge >= 0.3 is 6.03 Å². The fraction of sp³-hybridized carbons (Fsp3) is 0.643. The first-order chi connectivity index (χ1) is 9.95. The van der Waals surface area contributed by atoms with Crippen molar-refractivity contribution in [3.63, 3.8) is 0 Å². The van der Waals surface area contributed by atoms with E-state index in [9.17, 15) is 14.4 Å². The summed E-state index contributed by atoms with van der Waals surface area (Å²) in [4.78, 5) is 37.9. The summed E-state index contributed by atoms with van der Waals surface area (Å²) in [6, 6.07) is -1.79. The number of piperazine rings is 1. The largest absolute Gasteiger partial charge is 0.342 e. The maximum Gasteiger partial charge on any atom is 0.315 e. The Kier molecular flexibility index (Phi) is 4.50. The van der Waals surface area contributed by atoms with Crippen molar-refractivity contribution >= 4 is 17.8 Å². The summed E-state index contributed by atoms with van der Waals surface area (Å²) < 4.78 is 0. The molecule has 2 aliphatic rings. The van der Waals surface area contributed by atoms with Crippen molar-refractivity contribution in [1.82, 2.24) is 20.9 Å². The number of fused-ring (bicyclic) bond motifs is 1. The maximum atomic E-state index is 12.4. The lowest BCUT2D eigenvalue weighted by molar-refractivity contribution is -0.148. The van der Waals surface area contributed by atoms with Crippen LogP contribution in [0.3, 0.4) is 0 Å². The highest BCUT2D eigenvalue weighted by Gasteiger charge is 2.49. The van der Waals surface area contributed by atoms with E-state index in [1.807, 2.05) is 13.8 Å². The monoisotopic (exact) mass is 294 g/mol. The fourth-order valence-electron chi connectivity index (χ4n) is 2.83. The highest BCUT2D eigenvalue weighted by atomic mass is 16.2. The molecule has 2 heterocycles. The molecular weight excluding hydrogens is 272 g/mol. The minimum absolute atomic E-state index is 0.0466. The van der Waals surface area contributed by atoms with Crippen molar-refractivity contribution in [3.8, 4) is 0 Å². The van der Waals surface area contributed by atoms with Crippen molar-refractivity contribution in [1.29, 1.82) is 0 Å². The number of carbonyl (C=O) groups excluding carboxylic acids is 3. The van der Waals surface area contributed by atoms with E-state index in [1.165, 1.54) is 0 Å². The highest BCUT2D eigenvalue weighted by Crippen LogP contribution is 2.24. The summed E-state index contributed by atoms with van der Waals surface area (Å²) in [6.45, 7) is 8.17. The molecule has 2 aliphatic heterocycles. The maximum absolute atomic E-state index is 12.4. The summed E-state index contributed by atoms with van der Waals surface area (Å²) in [7, 11) is 0. The molecule has 2 rings (SSSR count). The Morgan fingerprint density at radius 1 is 1.52 bits per heavy atom. The third-order valence-corrected chi connectivity index (χ3v) is 3.90. The molecule has 2 fully saturated rings. The lowest BCUT2D eigenvalue weighted by Gasteiger charge is -2.37. The van der Waals surface area contributed by atoms with E-state index >= 15 is 0 Å². The third kappa shape index (κ3) is 3.01. The van der Waals surface area contributed by atoms with Crippen molar-refractivity contribution in [2.75, 3.05) is 13.1 Å². The molecule has 0 aliphatic carbocycles. The zero-order valence-corrected chi connectivity index (χ0v) is 12.4. The van der Waals surface area contributed by atoms with E-state index in [0.717, 1.165) is 0 Å². The van der Waals surface area contributed by atoms with Crippen molar-refractivity contribution in [2.45, 2.75) is 38.4 Å². The Morgan fingerprint density at radius 3 is 2.86 bits per heavy atom. The minimum atomic E-state index is -0.609. The number of amides is 4. The van der Waals surface area contributed by atoms with Gasteiger partial charge < -0.3 is 20.9 Å². The van der Waals surface area contributed by atoms with Gasteiger partial charge in [0.2, 0.25) is 11.8 Å². The summed E-state index contributed by atoms with van der Waals surface area (Å²) >= 11 is 0. The van der Waals surface area contributed by atoms with Gasteiger partial charge in [0.15, 0.2) is 0 Å². The highest BCUT2D eigenvalue weighted by molar-refractivity contribution is 5.98. The number of nitrogens with zero attached hydrogens (tertiary/aromatic N) is 1. The van der Waals surface area contributed by atoms with Gasteiger partial charge in [-0.3, -0.25) is 9.59 Å². The Bertz CT molecular complexity index is 463. The van der Waals surface area contributed by atoms with Crippen LogP contribution in [0, 0.1) is 5.92 Å².